The average molecular weight is 453 g/mol. The van der Waals surface area contributed by atoms with E-state index in [1.807, 2.05) is 6.92 Å². The molecule has 0 aliphatic carbocycles. The van der Waals surface area contributed by atoms with Gasteiger partial charge in [0.15, 0.2) is 0 Å². The van der Waals surface area contributed by atoms with Crippen LogP contribution < -0.4 is 5.43 Å². The fourth-order valence-electron chi connectivity index (χ4n) is 2.19. The van der Waals surface area contributed by atoms with Crippen LogP contribution in [0.4, 0.5) is 13.2 Å². The van der Waals surface area contributed by atoms with Gasteiger partial charge in [0, 0.05) is 16.1 Å². The lowest BCUT2D eigenvalue weighted by molar-refractivity contribution is -0.0437. The van der Waals surface area contributed by atoms with E-state index in [1.54, 1.807) is 24.3 Å². The summed E-state index contributed by atoms with van der Waals surface area (Å²) in [7, 11) is -5.24. The molecule has 0 aliphatic rings. The van der Waals surface area contributed by atoms with Gasteiger partial charge in [0.1, 0.15) is 5.50 Å². The summed E-state index contributed by atoms with van der Waals surface area (Å²) in [4.78, 5) is 0. The monoisotopic (exact) mass is 452 g/mol. The predicted molar refractivity (Wildman–Crippen MR) is 105 cm³/mol. The first kappa shape index (κ1) is 22.5. The molecule has 0 aliphatic heterocycles. The Morgan fingerprint density at radius 2 is 1.57 bits per heavy atom. The van der Waals surface area contributed by atoms with Gasteiger partial charge in [-0.1, -0.05) is 66.5 Å². The number of benzene rings is 2. The number of nitrogens with one attached hydrogen (secondary N) is 1. The number of rotatable bonds is 7. The molecule has 0 aromatic heterocycles. The highest BCUT2D eigenvalue weighted by atomic mass is 35.5. The third kappa shape index (κ3) is 5.86. The van der Waals surface area contributed by atoms with Crippen LogP contribution in [0.1, 0.15) is 30.0 Å². The molecule has 0 radical (unpaired) electrons. The molecule has 0 spiro atoms. The molecule has 1 unspecified atom stereocenters. The Hall–Kier alpha value is -1.77. The number of halogens is 5. The summed E-state index contributed by atoms with van der Waals surface area (Å²) in [6.07, 6.45) is 0.618. The van der Waals surface area contributed by atoms with E-state index >= 15 is 0 Å². The van der Waals surface area contributed by atoms with Crippen molar-refractivity contribution < 1.29 is 21.6 Å². The smallest absolute Gasteiger partial charge is 0.292 e. The van der Waals surface area contributed by atoms with Crippen LogP contribution in [0.15, 0.2) is 53.6 Å². The van der Waals surface area contributed by atoms with E-state index in [1.165, 1.54) is 24.3 Å². The van der Waals surface area contributed by atoms with Gasteiger partial charge in [0.25, 0.3) is 9.84 Å². The maximum Gasteiger partial charge on any atom is 0.497 e. The van der Waals surface area contributed by atoms with E-state index < -0.39 is 26.6 Å². The lowest BCUT2D eigenvalue weighted by atomic mass is 10.0. The zero-order valence-corrected chi connectivity index (χ0v) is 17.0. The maximum atomic E-state index is 12.6. The molecule has 28 heavy (non-hydrogen) atoms. The van der Waals surface area contributed by atoms with Gasteiger partial charge in [0.2, 0.25) is 0 Å². The second-order valence-corrected chi connectivity index (χ2v) is 8.82. The number of alkyl halides is 4. The zero-order chi connectivity index (χ0) is 20.9. The van der Waals surface area contributed by atoms with E-state index in [4.69, 9.17) is 23.2 Å². The summed E-state index contributed by atoms with van der Waals surface area (Å²) in [5, 5.41) is 4.84. The van der Waals surface area contributed by atoms with Gasteiger partial charge in [-0.2, -0.15) is 18.3 Å². The summed E-state index contributed by atoms with van der Waals surface area (Å²) in [6, 6.07) is 12.5. The highest BCUT2D eigenvalue weighted by Crippen LogP contribution is 2.27. The lowest BCUT2D eigenvalue weighted by Crippen LogP contribution is -2.24. The van der Waals surface area contributed by atoms with Crippen molar-refractivity contribution in [1.82, 2.24) is 5.43 Å². The van der Waals surface area contributed by atoms with Crippen LogP contribution in [-0.4, -0.2) is 25.1 Å². The molecular formula is C18H17Cl2F3N2O2S. The standard InChI is InChI=1S/C18H17Cl2F3N2O2S/c1-2-16(20)24-25-17(14-7-9-15(19)10-8-14)13-5-3-12(4-6-13)11-28(26,27)18(21,22)23/h3-10,16,24H,2,11H2,1H3. The van der Waals surface area contributed by atoms with Crippen LogP contribution in [0, 0.1) is 0 Å². The number of hydrogen-bond donors (Lipinski definition) is 1. The predicted octanol–water partition coefficient (Wildman–Crippen LogP) is 5.09. The molecule has 0 saturated heterocycles. The first-order valence-electron chi connectivity index (χ1n) is 8.15. The van der Waals surface area contributed by atoms with Crippen molar-refractivity contribution in [2.24, 2.45) is 5.10 Å². The van der Waals surface area contributed by atoms with Crippen molar-refractivity contribution in [3.63, 3.8) is 0 Å². The van der Waals surface area contributed by atoms with Crippen molar-refractivity contribution in [3.05, 3.63) is 70.2 Å². The third-order valence-electron chi connectivity index (χ3n) is 3.73. The van der Waals surface area contributed by atoms with Crippen molar-refractivity contribution in [3.8, 4) is 0 Å². The molecule has 0 saturated carbocycles. The first-order chi connectivity index (χ1) is 13.0. The van der Waals surface area contributed by atoms with E-state index in [0.29, 0.717) is 28.3 Å². The maximum absolute atomic E-state index is 12.6. The molecule has 1 atom stereocenters. The lowest BCUT2D eigenvalue weighted by Gasteiger charge is -2.12. The highest BCUT2D eigenvalue weighted by Gasteiger charge is 2.45. The van der Waals surface area contributed by atoms with E-state index in [-0.39, 0.29) is 5.56 Å². The minimum atomic E-state index is -5.29. The third-order valence-corrected chi connectivity index (χ3v) is 5.81. The second-order valence-electron chi connectivity index (χ2n) is 5.87. The fourth-order valence-corrected chi connectivity index (χ4v) is 3.16. The summed E-state index contributed by atoms with van der Waals surface area (Å²) in [6.45, 7) is 1.87. The topological polar surface area (TPSA) is 58.5 Å². The van der Waals surface area contributed by atoms with Gasteiger partial charge in [-0.15, -0.1) is 0 Å². The highest BCUT2D eigenvalue weighted by molar-refractivity contribution is 7.91. The zero-order valence-electron chi connectivity index (χ0n) is 14.7. The van der Waals surface area contributed by atoms with Gasteiger partial charge < -0.3 is 0 Å². The molecule has 10 heteroatoms. The molecule has 0 heterocycles. The SMILES string of the molecule is CCC(Cl)NN=C(c1ccc(Cl)cc1)c1ccc(CS(=O)(=O)C(F)(F)F)cc1. The normalized spacial score (nSPS) is 14.0. The van der Waals surface area contributed by atoms with Crippen LogP contribution in [0.3, 0.4) is 0 Å². The van der Waals surface area contributed by atoms with Crippen LogP contribution >= 0.6 is 23.2 Å². The van der Waals surface area contributed by atoms with Crippen molar-refractivity contribution in [2.45, 2.75) is 30.1 Å². The Morgan fingerprint density at radius 3 is 2.04 bits per heavy atom. The molecule has 1 N–H and O–H groups in total. The van der Waals surface area contributed by atoms with Crippen LogP contribution in [-0.2, 0) is 15.6 Å². The van der Waals surface area contributed by atoms with Crippen molar-refractivity contribution in [2.75, 3.05) is 0 Å². The molecular weight excluding hydrogens is 436 g/mol. The average Bonchev–Trinajstić information content (AvgIpc) is 2.63. The van der Waals surface area contributed by atoms with Gasteiger partial charge >= 0.3 is 5.51 Å². The molecule has 2 aromatic carbocycles. The Morgan fingerprint density at radius 1 is 1.07 bits per heavy atom. The molecule has 4 nitrogen and oxygen atoms in total. The summed E-state index contributed by atoms with van der Waals surface area (Å²) in [5.74, 6) is -1.12. The summed E-state index contributed by atoms with van der Waals surface area (Å²) >= 11 is 11.9. The molecule has 2 rings (SSSR count). The Balaban J connectivity index is 2.35. The summed E-state index contributed by atoms with van der Waals surface area (Å²) < 4.78 is 60.3. The number of hydrazone groups is 1. The van der Waals surface area contributed by atoms with Crippen molar-refractivity contribution >= 4 is 38.8 Å². The largest absolute Gasteiger partial charge is 0.497 e. The van der Waals surface area contributed by atoms with Gasteiger partial charge in [-0.25, -0.2) is 8.42 Å². The summed E-state index contributed by atoms with van der Waals surface area (Å²) in [5.41, 5.74) is -1.12. The number of hydrogen-bond acceptors (Lipinski definition) is 4. The Labute approximate surface area is 171 Å². The van der Waals surface area contributed by atoms with Crippen LogP contribution in [0.5, 0.6) is 0 Å². The van der Waals surface area contributed by atoms with Crippen LogP contribution in [0.25, 0.3) is 0 Å². The minimum Gasteiger partial charge on any atom is -0.292 e. The minimum absolute atomic E-state index is 0.0215. The molecule has 0 amide bonds. The van der Waals surface area contributed by atoms with Gasteiger partial charge in [-0.05, 0) is 24.1 Å². The van der Waals surface area contributed by atoms with Gasteiger partial charge in [0.05, 0.1) is 11.5 Å². The second kappa shape index (κ2) is 9.15. The van der Waals surface area contributed by atoms with E-state index in [2.05, 4.69) is 10.5 Å². The number of sulfone groups is 1. The van der Waals surface area contributed by atoms with Crippen molar-refractivity contribution in [1.29, 1.82) is 0 Å². The molecule has 0 bridgehead atoms. The molecule has 0 fully saturated rings. The molecule has 152 valence electrons. The number of nitrogens with zero attached hydrogens (tertiary/aromatic N) is 1. The van der Waals surface area contributed by atoms with E-state index in [9.17, 15) is 21.6 Å². The van der Waals surface area contributed by atoms with Crippen LogP contribution in [0.2, 0.25) is 5.02 Å². The fraction of sp³-hybridized carbons (Fsp3) is 0.278. The van der Waals surface area contributed by atoms with Gasteiger partial charge in [-0.3, -0.25) is 5.43 Å². The molecule has 2 aromatic rings. The Bertz CT molecular complexity index is 929. The van der Waals surface area contributed by atoms with E-state index in [0.717, 1.165) is 0 Å². The Kier molecular flexibility index (Phi) is 7.36. The first-order valence-corrected chi connectivity index (χ1v) is 10.6. The quantitative estimate of drug-likeness (QED) is 0.275.